The van der Waals surface area contributed by atoms with Crippen molar-refractivity contribution in [3.63, 3.8) is 0 Å². The first-order valence-corrected chi connectivity index (χ1v) is 12.7. The Hall–Kier alpha value is -3.97. The van der Waals surface area contributed by atoms with Crippen LogP contribution in [0, 0.1) is 25.7 Å². The molecule has 3 aliphatic heterocycles. The molecule has 6 rings (SSSR count). The van der Waals surface area contributed by atoms with E-state index in [0.29, 0.717) is 12.8 Å². The smallest absolute Gasteiger partial charge is 0.250 e. The number of imide groups is 1. The van der Waals surface area contributed by atoms with Gasteiger partial charge in [0, 0.05) is 23.8 Å². The molecule has 0 saturated carbocycles. The molecule has 1 spiro atoms. The molecule has 3 amide bonds. The summed E-state index contributed by atoms with van der Waals surface area (Å²) < 4.78 is 0. The number of hydrogen-bond donors (Lipinski definition) is 3. The number of rotatable bonds is 5. The maximum atomic E-state index is 14.0. The van der Waals surface area contributed by atoms with Gasteiger partial charge in [-0.2, -0.15) is 0 Å². The molecule has 7 nitrogen and oxygen atoms in total. The fourth-order valence-electron chi connectivity index (χ4n) is 6.35. The quantitative estimate of drug-likeness (QED) is 0.472. The average molecular weight is 496 g/mol. The van der Waals surface area contributed by atoms with E-state index in [4.69, 9.17) is 0 Å². The Labute approximate surface area is 215 Å². The van der Waals surface area contributed by atoms with E-state index in [9.17, 15) is 19.5 Å². The minimum atomic E-state index is -1.31. The topological polar surface area (TPSA) is 98.7 Å². The van der Waals surface area contributed by atoms with Crippen molar-refractivity contribution in [2.45, 2.75) is 38.3 Å². The van der Waals surface area contributed by atoms with Crippen molar-refractivity contribution >= 4 is 23.4 Å². The summed E-state index contributed by atoms with van der Waals surface area (Å²) in [7, 11) is 0. The molecule has 4 atom stereocenters. The third-order valence-corrected chi connectivity index (χ3v) is 8.37. The van der Waals surface area contributed by atoms with Gasteiger partial charge in [-0.1, -0.05) is 54.6 Å². The summed E-state index contributed by atoms with van der Waals surface area (Å²) in [5.41, 5.74) is 4.11. The van der Waals surface area contributed by atoms with Gasteiger partial charge < -0.3 is 10.4 Å². The zero-order valence-electron chi connectivity index (χ0n) is 20.8. The number of amides is 3. The number of benzene rings is 3. The molecule has 3 N–H and O–H groups in total. The number of nitrogens with one attached hydrogen (secondary N) is 2. The summed E-state index contributed by atoms with van der Waals surface area (Å²) in [6.07, 6.45) is 1.00. The third-order valence-electron chi connectivity index (χ3n) is 8.37. The third kappa shape index (κ3) is 3.49. The van der Waals surface area contributed by atoms with Crippen molar-refractivity contribution in [2.75, 3.05) is 11.9 Å². The molecule has 7 heteroatoms. The summed E-state index contributed by atoms with van der Waals surface area (Å²) in [6.45, 7) is 4.22. The number of phenolic OH excluding ortho intramolecular Hbond substituents is 1. The van der Waals surface area contributed by atoms with Gasteiger partial charge in [0.25, 0.3) is 0 Å². The highest BCUT2D eigenvalue weighted by Gasteiger charge is 2.70. The van der Waals surface area contributed by atoms with Gasteiger partial charge >= 0.3 is 0 Å². The minimum absolute atomic E-state index is 0.159. The van der Waals surface area contributed by atoms with Crippen LogP contribution in [0.4, 0.5) is 5.69 Å². The van der Waals surface area contributed by atoms with Gasteiger partial charge in [-0.3, -0.25) is 24.6 Å². The maximum absolute atomic E-state index is 14.0. The first kappa shape index (κ1) is 23.4. The number of phenols is 1. The van der Waals surface area contributed by atoms with Crippen molar-refractivity contribution in [1.82, 2.24) is 10.2 Å². The predicted molar refractivity (Wildman–Crippen MR) is 139 cm³/mol. The SMILES string of the molecule is Cc1ccc2c(c1C)NC(=O)[C@@]21N[C@@H](Cc2ccc(O)cc2)[C@H]2C(=O)N(CCc3ccccc3)C(=O)[C@H]21. The van der Waals surface area contributed by atoms with Gasteiger partial charge in [0.15, 0.2) is 0 Å². The number of nitrogens with zero attached hydrogens (tertiary/aromatic N) is 1. The standard InChI is InChI=1S/C30H29N3O4/c1-17-8-13-22-26(18(17)2)31-29(37)30(22)25-24(23(32-30)16-20-9-11-21(34)12-10-20)27(35)33(28(25)36)15-14-19-6-4-3-5-7-19/h3-13,23-25,32,34H,14-16H2,1-2H3,(H,31,37)/t23-,24+,25-,30+/m0/s1. The maximum Gasteiger partial charge on any atom is 0.250 e. The Morgan fingerprint density at radius 2 is 1.62 bits per heavy atom. The molecule has 0 bridgehead atoms. The number of anilines is 1. The number of fused-ring (bicyclic) bond motifs is 4. The monoisotopic (exact) mass is 495 g/mol. The van der Waals surface area contributed by atoms with Crippen LogP contribution in [0.3, 0.4) is 0 Å². The number of likely N-dealkylation sites (tertiary alicyclic amines) is 1. The summed E-state index contributed by atoms with van der Waals surface area (Å²) in [5.74, 6) is -2.16. The van der Waals surface area contributed by atoms with Gasteiger partial charge in [0.1, 0.15) is 11.3 Å². The number of hydrogen-bond acceptors (Lipinski definition) is 5. The highest BCUT2D eigenvalue weighted by molar-refractivity contribution is 6.15. The van der Waals surface area contributed by atoms with Crippen LogP contribution in [0.15, 0.2) is 66.7 Å². The van der Waals surface area contributed by atoms with Crippen molar-refractivity contribution in [3.05, 3.63) is 94.5 Å². The highest BCUT2D eigenvalue weighted by atomic mass is 16.3. The lowest BCUT2D eigenvalue weighted by Gasteiger charge is -2.29. The lowest BCUT2D eigenvalue weighted by molar-refractivity contribution is -0.142. The summed E-state index contributed by atoms with van der Waals surface area (Å²) in [4.78, 5) is 42.9. The zero-order chi connectivity index (χ0) is 25.9. The molecule has 37 heavy (non-hydrogen) atoms. The molecule has 3 aliphatic rings. The molecule has 188 valence electrons. The van der Waals surface area contributed by atoms with E-state index in [0.717, 1.165) is 33.5 Å². The van der Waals surface area contributed by atoms with Crippen LogP contribution in [-0.4, -0.2) is 40.3 Å². The highest BCUT2D eigenvalue weighted by Crippen LogP contribution is 2.54. The van der Waals surface area contributed by atoms with Gasteiger partial charge in [-0.05, 0) is 61.1 Å². The van der Waals surface area contributed by atoms with Gasteiger partial charge in [-0.25, -0.2) is 0 Å². The van der Waals surface area contributed by atoms with Crippen LogP contribution >= 0.6 is 0 Å². The van der Waals surface area contributed by atoms with E-state index >= 15 is 0 Å². The number of aromatic hydroxyl groups is 1. The Kier molecular flexibility index (Phi) is 5.42. The first-order valence-electron chi connectivity index (χ1n) is 12.7. The summed E-state index contributed by atoms with van der Waals surface area (Å²) in [5, 5.41) is 16.2. The van der Waals surface area contributed by atoms with Crippen LogP contribution in [0.5, 0.6) is 5.75 Å². The molecule has 0 aromatic heterocycles. The largest absolute Gasteiger partial charge is 0.508 e. The second-order valence-electron chi connectivity index (χ2n) is 10.4. The average Bonchev–Trinajstić information content (AvgIpc) is 3.47. The fraction of sp³-hybridized carbons (Fsp3) is 0.300. The van der Waals surface area contributed by atoms with Crippen LogP contribution in [0.1, 0.15) is 27.8 Å². The first-order chi connectivity index (χ1) is 17.8. The zero-order valence-corrected chi connectivity index (χ0v) is 20.8. The molecule has 0 aliphatic carbocycles. The number of aryl methyl sites for hydroxylation is 1. The Balaban J connectivity index is 1.41. The molecular weight excluding hydrogens is 466 g/mol. The van der Waals surface area contributed by atoms with Crippen molar-refractivity contribution < 1.29 is 19.5 Å². The molecule has 2 fully saturated rings. The van der Waals surface area contributed by atoms with Gasteiger partial charge in [0.2, 0.25) is 17.7 Å². The van der Waals surface area contributed by atoms with Crippen molar-refractivity contribution in [1.29, 1.82) is 0 Å². The van der Waals surface area contributed by atoms with E-state index in [1.165, 1.54) is 4.90 Å². The molecule has 3 aromatic rings. The van der Waals surface area contributed by atoms with E-state index in [1.54, 1.807) is 12.1 Å². The van der Waals surface area contributed by atoms with Crippen LogP contribution in [-0.2, 0) is 32.8 Å². The Bertz CT molecular complexity index is 1420. The van der Waals surface area contributed by atoms with E-state index < -0.39 is 23.4 Å². The van der Waals surface area contributed by atoms with Crippen LogP contribution in [0.2, 0.25) is 0 Å². The lowest BCUT2D eigenvalue weighted by atomic mass is 9.75. The fourth-order valence-corrected chi connectivity index (χ4v) is 6.35. The minimum Gasteiger partial charge on any atom is -0.508 e. The van der Waals surface area contributed by atoms with E-state index in [2.05, 4.69) is 10.6 Å². The van der Waals surface area contributed by atoms with Gasteiger partial charge in [0.05, 0.1) is 11.8 Å². The van der Waals surface area contributed by atoms with Gasteiger partial charge in [-0.15, -0.1) is 0 Å². The number of carbonyl (C=O) groups is 3. The van der Waals surface area contributed by atoms with E-state index in [1.807, 2.05) is 68.4 Å². The summed E-state index contributed by atoms with van der Waals surface area (Å²) >= 11 is 0. The van der Waals surface area contributed by atoms with Crippen LogP contribution < -0.4 is 10.6 Å². The molecule has 2 saturated heterocycles. The van der Waals surface area contributed by atoms with Crippen LogP contribution in [0.25, 0.3) is 0 Å². The molecule has 0 radical (unpaired) electrons. The Morgan fingerprint density at radius 1 is 0.892 bits per heavy atom. The van der Waals surface area contributed by atoms with Crippen molar-refractivity contribution in [3.8, 4) is 5.75 Å². The normalized spacial score (nSPS) is 26.1. The van der Waals surface area contributed by atoms with E-state index in [-0.39, 0.29) is 30.0 Å². The molecule has 0 unspecified atom stereocenters. The molecule has 3 aromatic carbocycles. The molecular formula is C30H29N3O4. The molecule has 3 heterocycles. The second kappa shape index (κ2) is 8.56. The predicted octanol–water partition coefficient (Wildman–Crippen LogP) is 3.21. The second-order valence-corrected chi connectivity index (χ2v) is 10.4. The van der Waals surface area contributed by atoms with Crippen molar-refractivity contribution in [2.24, 2.45) is 11.8 Å². The lowest BCUT2D eigenvalue weighted by Crippen LogP contribution is -2.53. The summed E-state index contributed by atoms with van der Waals surface area (Å²) in [6, 6.07) is 20.1. The Morgan fingerprint density at radius 3 is 2.35 bits per heavy atom. The number of carbonyl (C=O) groups excluding carboxylic acids is 3.